The molecule has 3 aliphatic rings. The lowest BCUT2D eigenvalue weighted by Crippen LogP contribution is -2.59. The van der Waals surface area contributed by atoms with Crippen molar-refractivity contribution >= 4 is 23.4 Å². The van der Waals surface area contributed by atoms with E-state index in [-0.39, 0.29) is 36.8 Å². The van der Waals surface area contributed by atoms with Crippen LogP contribution >= 0.6 is 0 Å². The molecule has 1 N–H and O–H groups in total. The van der Waals surface area contributed by atoms with Crippen LogP contribution in [0.3, 0.4) is 0 Å². The number of hydrogen-bond acceptors (Lipinski definition) is 5. The van der Waals surface area contributed by atoms with E-state index in [4.69, 9.17) is 4.74 Å². The van der Waals surface area contributed by atoms with E-state index in [0.29, 0.717) is 25.9 Å². The van der Waals surface area contributed by atoms with Gasteiger partial charge in [0.15, 0.2) is 0 Å². The molecule has 5 rings (SSSR count). The summed E-state index contributed by atoms with van der Waals surface area (Å²) in [4.78, 5) is 49.7. The van der Waals surface area contributed by atoms with Crippen molar-refractivity contribution in [3.8, 4) is 0 Å². The van der Waals surface area contributed by atoms with Crippen molar-refractivity contribution in [3.63, 3.8) is 0 Å². The highest BCUT2D eigenvalue weighted by Gasteiger charge is 2.80. The van der Waals surface area contributed by atoms with Gasteiger partial charge in [0.05, 0.1) is 30.1 Å². The summed E-state index contributed by atoms with van der Waals surface area (Å²) >= 11 is 0. The summed E-state index contributed by atoms with van der Waals surface area (Å²) in [5, 5.41) is 10.9. The van der Waals surface area contributed by atoms with Gasteiger partial charge in [-0.25, -0.2) is 0 Å². The Balaban J connectivity index is 1.68. The zero-order valence-electron chi connectivity index (χ0n) is 27.9. The van der Waals surface area contributed by atoms with Crippen LogP contribution in [0.25, 0.3) is 0 Å². The van der Waals surface area contributed by atoms with Gasteiger partial charge in [-0.15, -0.1) is 13.2 Å². The number of amides is 3. The third-order valence-corrected chi connectivity index (χ3v) is 10.6. The molecular weight excluding hydrogens is 578 g/mol. The van der Waals surface area contributed by atoms with E-state index in [2.05, 4.69) is 20.1 Å². The monoisotopic (exact) mass is 627 g/mol. The van der Waals surface area contributed by atoms with Gasteiger partial charge in [0.25, 0.3) is 5.91 Å². The topological polar surface area (TPSA) is 90.4 Å². The first-order valence-electron chi connectivity index (χ1n) is 16.5. The number of carbonyl (C=O) groups is 3. The van der Waals surface area contributed by atoms with Crippen LogP contribution in [-0.4, -0.2) is 82.2 Å². The molecule has 1 spiro atoms. The Bertz CT molecular complexity index is 1490. The largest absolute Gasteiger partial charge is 0.394 e. The fraction of sp³-hybridized carbons (Fsp3) is 0.500. The number of anilines is 1. The van der Waals surface area contributed by atoms with Gasteiger partial charge >= 0.3 is 0 Å². The molecule has 3 unspecified atom stereocenters. The van der Waals surface area contributed by atoms with E-state index >= 15 is 4.79 Å². The van der Waals surface area contributed by atoms with E-state index in [9.17, 15) is 14.7 Å². The Morgan fingerprint density at radius 3 is 2.43 bits per heavy atom. The van der Waals surface area contributed by atoms with Crippen LogP contribution in [0, 0.1) is 31.6 Å². The van der Waals surface area contributed by atoms with Gasteiger partial charge in [-0.1, -0.05) is 68.5 Å². The van der Waals surface area contributed by atoms with Crippen LogP contribution in [-0.2, 0) is 25.5 Å². The van der Waals surface area contributed by atoms with E-state index in [0.717, 1.165) is 28.8 Å². The lowest BCUT2D eigenvalue weighted by Gasteiger charge is -2.40. The number of hydrogen-bond donors (Lipinski definition) is 1. The molecule has 7 atom stereocenters. The maximum Gasteiger partial charge on any atom is 0.253 e. The molecule has 2 aromatic rings. The van der Waals surface area contributed by atoms with Crippen LogP contribution in [0.5, 0.6) is 0 Å². The Morgan fingerprint density at radius 2 is 1.80 bits per heavy atom. The minimum atomic E-state index is -1.24. The van der Waals surface area contributed by atoms with Gasteiger partial charge in [0, 0.05) is 25.3 Å². The molecule has 0 aromatic heterocycles. The first-order chi connectivity index (χ1) is 22.0. The second-order valence-corrected chi connectivity index (χ2v) is 13.6. The minimum Gasteiger partial charge on any atom is -0.394 e. The number of aliphatic hydroxyl groups excluding tert-OH is 1. The molecule has 3 saturated heterocycles. The van der Waals surface area contributed by atoms with Crippen LogP contribution < -0.4 is 4.90 Å². The van der Waals surface area contributed by atoms with Gasteiger partial charge in [0.1, 0.15) is 11.6 Å². The first kappa shape index (κ1) is 33.6. The molecule has 46 heavy (non-hydrogen) atoms. The number of fused-ring (bicyclic) bond motifs is 1. The van der Waals surface area contributed by atoms with E-state index < -0.39 is 35.1 Å². The quantitative estimate of drug-likeness (QED) is 0.321. The molecule has 0 radical (unpaired) electrons. The first-order valence-corrected chi connectivity index (χ1v) is 16.5. The summed E-state index contributed by atoms with van der Waals surface area (Å²) in [6, 6.07) is 13.9. The van der Waals surface area contributed by atoms with E-state index in [1.807, 2.05) is 76.2 Å². The molecule has 3 amide bonds. The van der Waals surface area contributed by atoms with Gasteiger partial charge < -0.3 is 24.5 Å². The van der Waals surface area contributed by atoms with Gasteiger partial charge in [-0.3, -0.25) is 14.4 Å². The molecule has 246 valence electrons. The van der Waals surface area contributed by atoms with Crippen LogP contribution in [0.1, 0.15) is 50.3 Å². The zero-order chi connectivity index (χ0) is 33.4. The fourth-order valence-corrected chi connectivity index (χ4v) is 8.37. The molecule has 0 saturated carbocycles. The standard InChI is InChI=1S/C38H49N3O5/c1-8-18-39(19-9-2)34(43)31-32-35(44)41(29(24-42)22-28-14-12-11-13-15-28)33(38(32)23-27(6)37(31,7)46-38)36(45)40(20-10-3)30-21-25(4)16-17-26(30)5/h8,10-17,21,27,29,31-33,42H,1,3,9,18-20,22-24H2,2,4-7H3/t27?,29-,31+,32+,33?,37-,38?/m1/s1. The molecule has 2 aromatic carbocycles. The number of aliphatic hydroxyl groups is 1. The number of benzene rings is 2. The van der Waals surface area contributed by atoms with Gasteiger partial charge in [-0.05, 0) is 68.7 Å². The van der Waals surface area contributed by atoms with E-state index in [1.54, 1.807) is 26.9 Å². The highest BCUT2D eigenvalue weighted by atomic mass is 16.5. The van der Waals surface area contributed by atoms with Crippen molar-refractivity contribution in [2.45, 2.75) is 77.2 Å². The van der Waals surface area contributed by atoms with Crippen molar-refractivity contribution < 1.29 is 24.2 Å². The smallest absolute Gasteiger partial charge is 0.253 e. The number of rotatable bonds is 13. The summed E-state index contributed by atoms with van der Waals surface area (Å²) in [6.07, 6.45) is 4.95. The predicted octanol–water partition coefficient (Wildman–Crippen LogP) is 4.86. The normalized spacial score (nSPS) is 28.6. The van der Waals surface area contributed by atoms with Crippen molar-refractivity contribution in [1.29, 1.82) is 0 Å². The fourth-order valence-electron chi connectivity index (χ4n) is 8.37. The SMILES string of the molecule is C=CCN(CCC)C(=O)[C@@H]1[C@H]2C(=O)N([C@@H](CO)Cc3ccccc3)C(C(=O)N(CC=C)c3cc(C)ccc3C)C23CC(C)[C@@]1(C)O3. The van der Waals surface area contributed by atoms with Crippen molar-refractivity contribution in [3.05, 3.63) is 90.5 Å². The number of likely N-dealkylation sites (tertiary alicyclic amines) is 1. The second kappa shape index (κ2) is 13.2. The predicted molar refractivity (Wildman–Crippen MR) is 180 cm³/mol. The summed E-state index contributed by atoms with van der Waals surface area (Å²) in [6.45, 7) is 18.5. The molecule has 0 aliphatic carbocycles. The summed E-state index contributed by atoms with van der Waals surface area (Å²) in [5.41, 5.74) is 1.41. The third kappa shape index (κ3) is 5.39. The Labute approximate surface area is 273 Å². The Kier molecular flexibility index (Phi) is 9.62. The van der Waals surface area contributed by atoms with Crippen molar-refractivity contribution in [2.75, 3.05) is 31.1 Å². The summed E-state index contributed by atoms with van der Waals surface area (Å²) in [5.74, 6) is -2.49. The van der Waals surface area contributed by atoms with Crippen molar-refractivity contribution in [1.82, 2.24) is 9.80 Å². The van der Waals surface area contributed by atoms with Gasteiger partial charge in [0.2, 0.25) is 11.8 Å². The number of ether oxygens (including phenoxy) is 1. The summed E-state index contributed by atoms with van der Waals surface area (Å²) < 4.78 is 7.03. The summed E-state index contributed by atoms with van der Waals surface area (Å²) in [7, 11) is 0. The molecule has 8 nitrogen and oxygen atoms in total. The molecule has 3 fully saturated rings. The highest BCUT2D eigenvalue weighted by Crippen LogP contribution is 2.66. The molecule has 8 heteroatoms. The van der Waals surface area contributed by atoms with Crippen LogP contribution in [0.15, 0.2) is 73.8 Å². The third-order valence-electron chi connectivity index (χ3n) is 10.6. The number of nitrogens with zero attached hydrogens (tertiary/aromatic N) is 3. The maximum absolute atomic E-state index is 15.2. The van der Waals surface area contributed by atoms with Gasteiger partial charge in [-0.2, -0.15) is 0 Å². The lowest BCUT2D eigenvalue weighted by molar-refractivity contribution is -0.153. The Hall–Kier alpha value is -3.75. The number of aryl methyl sites for hydroxylation is 2. The molecule has 3 heterocycles. The maximum atomic E-state index is 15.2. The molecule has 2 bridgehead atoms. The van der Waals surface area contributed by atoms with Crippen LogP contribution in [0.2, 0.25) is 0 Å². The minimum absolute atomic E-state index is 0.0942. The van der Waals surface area contributed by atoms with Crippen LogP contribution in [0.4, 0.5) is 5.69 Å². The number of carbonyl (C=O) groups excluding carboxylic acids is 3. The van der Waals surface area contributed by atoms with Crippen molar-refractivity contribution in [2.24, 2.45) is 17.8 Å². The molecule has 3 aliphatic heterocycles. The zero-order valence-corrected chi connectivity index (χ0v) is 27.9. The average molecular weight is 628 g/mol. The Morgan fingerprint density at radius 1 is 1.11 bits per heavy atom. The van der Waals surface area contributed by atoms with E-state index in [1.165, 1.54) is 0 Å². The average Bonchev–Trinajstić information content (AvgIpc) is 3.56. The second-order valence-electron chi connectivity index (χ2n) is 13.6. The molecular formula is C38H49N3O5. The highest BCUT2D eigenvalue weighted by molar-refractivity contribution is 6.05. The lowest BCUT2D eigenvalue weighted by atomic mass is 9.62.